The number of nitro benzene ring substituents is 1. The molecular formula is C17H16BrN3O5S. The predicted octanol–water partition coefficient (Wildman–Crippen LogP) is 3.57. The molecule has 0 fully saturated rings. The molecular weight excluding hydrogens is 438 g/mol. The second-order valence-corrected chi connectivity index (χ2v) is 6.61. The van der Waals surface area contributed by atoms with Crippen molar-refractivity contribution in [3.8, 4) is 11.5 Å². The maximum Gasteiger partial charge on any atom is 0.271 e. The fraction of sp³-hybridized carbons (Fsp3) is 0.176. The number of aryl methyl sites for hydroxylation is 1. The molecule has 8 nitrogen and oxygen atoms in total. The zero-order chi connectivity index (χ0) is 20.0. The van der Waals surface area contributed by atoms with E-state index in [0.29, 0.717) is 11.5 Å². The Hall–Kier alpha value is -2.72. The number of anilines is 1. The van der Waals surface area contributed by atoms with Gasteiger partial charge in [-0.25, -0.2) is 0 Å². The molecule has 0 aromatic heterocycles. The van der Waals surface area contributed by atoms with E-state index in [4.69, 9.17) is 21.7 Å². The van der Waals surface area contributed by atoms with E-state index in [1.54, 1.807) is 12.1 Å². The van der Waals surface area contributed by atoms with Crippen molar-refractivity contribution in [2.24, 2.45) is 0 Å². The number of nitro groups is 1. The number of ether oxygens (including phenoxy) is 2. The van der Waals surface area contributed by atoms with Crippen molar-refractivity contribution in [1.82, 2.24) is 5.32 Å². The average molecular weight is 454 g/mol. The SMILES string of the molecule is COc1ccc([N+](=O)[O-])cc1NC(=S)NC(=O)COc1ccc(Br)c(C)c1. The number of amides is 1. The fourth-order valence-corrected chi connectivity index (χ4v) is 2.55. The maximum absolute atomic E-state index is 12.0. The number of non-ortho nitro benzene ring substituents is 1. The Kier molecular flexibility index (Phi) is 7.08. The quantitative estimate of drug-likeness (QED) is 0.391. The van der Waals surface area contributed by atoms with Crippen LogP contribution in [0.25, 0.3) is 0 Å². The van der Waals surface area contributed by atoms with Gasteiger partial charge in [0.15, 0.2) is 11.7 Å². The van der Waals surface area contributed by atoms with Crippen LogP contribution in [0.1, 0.15) is 5.56 Å². The lowest BCUT2D eigenvalue weighted by atomic mass is 10.2. The van der Waals surface area contributed by atoms with Gasteiger partial charge in [0.1, 0.15) is 11.5 Å². The number of carbonyl (C=O) groups is 1. The van der Waals surface area contributed by atoms with Gasteiger partial charge in [0.05, 0.1) is 17.7 Å². The number of carbonyl (C=O) groups excluding carboxylic acids is 1. The number of nitrogens with one attached hydrogen (secondary N) is 2. The molecule has 0 heterocycles. The summed E-state index contributed by atoms with van der Waals surface area (Å²) in [5.41, 5.74) is 1.10. The van der Waals surface area contributed by atoms with Gasteiger partial charge < -0.3 is 14.8 Å². The minimum absolute atomic E-state index is 0.0330. The summed E-state index contributed by atoms with van der Waals surface area (Å²) in [7, 11) is 1.42. The molecule has 0 bridgehead atoms. The Morgan fingerprint density at radius 1 is 1.30 bits per heavy atom. The number of thiocarbonyl (C=S) groups is 1. The Labute approximate surface area is 169 Å². The van der Waals surface area contributed by atoms with Crippen LogP contribution in [-0.4, -0.2) is 29.7 Å². The van der Waals surface area contributed by atoms with Crippen LogP contribution in [-0.2, 0) is 4.79 Å². The molecule has 0 saturated carbocycles. The number of nitrogens with zero attached hydrogens (tertiary/aromatic N) is 1. The van der Waals surface area contributed by atoms with Gasteiger partial charge in [0.2, 0.25) is 0 Å². The lowest BCUT2D eigenvalue weighted by Crippen LogP contribution is -2.37. The Morgan fingerprint density at radius 2 is 2.04 bits per heavy atom. The molecule has 0 unspecified atom stereocenters. The van der Waals surface area contributed by atoms with Crippen LogP contribution in [0.4, 0.5) is 11.4 Å². The number of benzene rings is 2. The van der Waals surface area contributed by atoms with E-state index in [2.05, 4.69) is 26.6 Å². The molecule has 0 spiro atoms. The van der Waals surface area contributed by atoms with Gasteiger partial charge >= 0.3 is 0 Å². The Morgan fingerprint density at radius 3 is 2.67 bits per heavy atom. The summed E-state index contributed by atoms with van der Waals surface area (Å²) in [6.07, 6.45) is 0. The largest absolute Gasteiger partial charge is 0.495 e. The van der Waals surface area contributed by atoms with Crippen LogP contribution in [0, 0.1) is 17.0 Å². The minimum Gasteiger partial charge on any atom is -0.495 e. The molecule has 2 aromatic rings. The average Bonchev–Trinajstić information content (AvgIpc) is 2.62. The van der Waals surface area contributed by atoms with Crippen LogP contribution in [0.5, 0.6) is 11.5 Å². The second-order valence-electron chi connectivity index (χ2n) is 5.34. The van der Waals surface area contributed by atoms with Crippen LogP contribution in [0.2, 0.25) is 0 Å². The molecule has 0 aliphatic carbocycles. The smallest absolute Gasteiger partial charge is 0.271 e. The van der Waals surface area contributed by atoms with E-state index in [-0.39, 0.29) is 23.1 Å². The monoisotopic (exact) mass is 453 g/mol. The first-order valence-corrected chi connectivity index (χ1v) is 8.82. The fourth-order valence-electron chi connectivity index (χ4n) is 2.08. The summed E-state index contributed by atoms with van der Waals surface area (Å²) in [4.78, 5) is 22.3. The zero-order valence-corrected chi connectivity index (χ0v) is 16.8. The third-order valence-corrected chi connectivity index (χ3v) is 4.49. The normalized spacial score (nSPS) is 10.0. The highest BCUT2D eigenvalue weighted by Crippen LogP contribution is 2.28. The van der Waals surface area contributed by atoms with E-state index in [1.165, 1.54) is 25.3 Å². The molecule has 10 heteroatoms. The van der Waals surface area contributed by atoms with Gasteiger partial charge in [0.25, 0.3) is 11.6 Å². The number of hydrogen-bond acceptors (Lipinski definition) is 6. The van der Waals surface area contributed by atoms with E-state index in [0.717, 1.165) is 10.0 Å². The molecule has 0 radical (unpaired) electrons. The molecule has 2 aromatic carbocycles. The Bertz CT molecular complexity index is 891. The first-order chi connectivity index (χ1) is 12.8. The summed E-state index contributed by atoms with van der Waals surface area (Å²) in [6.45, 7) is 1.66. The van der Waals surface area contributed by atoms with E-state index < -0.39 is 10.8 Å². The minimum atomic E-state index is -0.541. The number of hydrogen-bond donors (Lipinski definition) is 2. The lowest BCUT2D eigenvalue weighted by molar-refractivity contribution is -0.384. The molecule has 142 valence electrons. The molecule has 2 N–H and O–H groups in total. The summed E-state index contributed by atoms with van der Waals surface area (Å²) in [6, 6.07) is 9.35. The summed E-state index contributed by atoms with van der Waals surface area (Å²) in [5, 5.41) is 16.0. The van der Waals surface area contributed by atoms with Gasteiger partial charge in [-0.1, -0.05) is 15.9 Å². The third-order valence-electron chi connectivity index (χ3n) is 3.39. The van der Waals surface area contributed by atoms with Crippen molar-refractivity contribution < 1.29 is 19.2 Å². The molecule has 27 heavy (non-hydrogen) atoms. The van der Waals surface area contributed by atoms with Crippen LogP contribution >= 0.6 is 28.1 Å². The van der Waals surface area contributed by atoms with E-state index in [9.17, 15) is 14.9 Å². The summed E-state index contributed by atoms with van der Waals surface area (Å²) >= 11 is 8.45. The highest BCUT2D eigenvalue weighted by atomic mass is 79.9. The zero-order valence-electron chi connectivity index (χ0n) is 14.4. The van der Waals surface area contributed by atoms with Crippen molar-refractivity contribution in [1.29, 1.82) is 0 Å². The van der Waals surface area contributed by atoms with Gasteiger partial charge in [-0.3, -0.25) is 20.2 Å². The first kappa shape index (κ1) is 20.6. The van der Waals surface area contributed by atoms with Crippen LogP contribution in [0.3, 0.4) is 0 Å². The number of halogens is 1. The molecule has 2 rings (SSSR count). The number of methoxy groups -OCH3 is 1. The molecule has 1 amide bonds. The molecule has 0 aliphatic heterocycles. The third kappa shape index (κ3) is 5.90. The highest BCUT2D eigenvalue weighted by Gasteiger charge is 2.13. The van der Waals surface area contributed by atoms with Gasteiger partial charge in [-0.05, 0) is 49.0 Å². The summed E-state index contributed by atoms with van der Waals surface area (Å²) in [5.74, 6) is 0.418. The molecule has 0 saturated heterocycles. The lowest BCUT2D eigenvalue weighted by Gasteiger charge is -2.13. The van der Waals surface area contributed by atoms with Crippen molar-refractivity contribution in [2.45, 2.75) is 6.92 Å². The van der Waals surface area contributed by atoms with Crippen LogP contribution < -0.4 is 20.1 Å². The topological polar surface area (TPSA) is 103 Å². The molecule has 0 atom stereocenters. The highest BCUT2D eigenvalue weighted by molar-refractivity contribution is 9.10. The van der Waals surface area contributed by atoms with Crippen molar-refractivity contribution in [3.63, 3.8) is 0 Å². The van der Waals surface area contributed by atoms with Gasteiger partial charge in [-0.15, -0.1) is 0 Å². The Balaban J connectivity index is 1.94. The number of rotatable bonds is 6. The summed E-state index contributed by atoms with van der Waals surface area (Å²) < 4.78 is 11.5. The van der Waals surface area contributed by atoms with Gasteiger partial charge in [0, 0.05) is 16.6 Å². The standard InChI is InChI=1S/C17H16BrN3O5S/c1-10-7-12(4-5-13(10)18)26-9-16(22)20-17(27)19-14-8-11(21(23)24)3-6-15(14)25-2/h3-8H,9H2,1-2H3,(H2,19,20,22,27). The maximum atomic E-state index is 12.0. The second kappa shape index (κ2) is 9.28. The molecule has 0 aliphatic rings. The predicted molar refractivity (Wildman–Crippen MR) is 108 cm³/mol. The van der Waals surface area contributed by atoms with Gasteiger partial charge in [-0.2, -0.15) is 0 Å². The van der Waals surface area contributed by atoms with Crippen molar-refractivity contribution in [3.05, 3.63) is 56.5 Å². The first-order valence-electron chi connectivity index (χ1n) is 7.62. The van der Waals surface area contributed by atoms with Crippen LogP contribution in [0.15, 0.2) is 40.9 Å². The van der Waals surface area contributed by atoms with Crippen molar-refractivity contribution in [2.75, 3.05) is 19.0 Å². The van der Waals surface area contributed by atoms with E-state index >= 15 is 0 Å². The van der Waals surface area contributed by atoms with E-state index in [1.807, 2.05) is 13.0 Å². The van der Waals surface area contributed by atoms with Crippen molar-refractivity contribution >= 4 is 50.5 Å².